The van der Waals surface area contributed by atoms with Crippen molar-refractivity contribution in [3.05, 3.63) is 29.8 Å². The van der Waals surface area contributed by atoms with Crippen LogP contribution in [0.4, 0.5) is 5.69 Å². The van der Waals surface area contributed by atoms with Crippen LogP contribution >= 0.6 is 0 Å². The molecule has 2 heteroatoms. The Bertz CT molecular complexity index is 388. The number of nitrogens with two attached hydrogens (primary N) is 1. The number of Topliss-reactive ketones (excluding diaryl/α,β-unsaturated/α-hetero) is 1. The minimum Gasteiger partial charge on any atom is -0.399 e. The van der Waals surface area contributed by atoms with Crippen LogP contribution in [0.2, 0.25) is 0 Å². The Labute approximate surface area is 96.8 Å². The minimum atomic E-state index is -0.376. The van der Waals surface area contributed by atoms with Crippen LogP contribution in [0.3, 0.4) is 0 Å². The Morgan fingerprint density at radius 1 is 1.25 bits per heavy atom. The van der Waals surface area contributed by atoms with Gasteiger partial charge in [0.15, 0.2) is 0 Å². The maximum absolute atomic E-state index is 12.3. The third-order valence-corrected chi connectivity index (χ3v) is 3.72. The van der Waals surface area contributed by atoms with Crippen LogP contribution in [0.25, 0.3) is 0 Å². The van der Waals surface area contributed by atoms with Gasteiger partial charge in [0.2, 0.25) is 0 Å². The fourth-order valence-corrected chi connectivity index (χ4v) is 2.22. The average molecular weight is 217 g/mol. The quantitative estimate of drug-likeness (QED) is 0.791. The molecule has 0 radical (unpaired) electrons. The molecule has 16 heavy (non-hydrogen) atoms. The van der Waals surface area contributed by atoms with Gasteiger partial charge in [0.05, 0.1) is 0 Å². The van der Waals surface area contributed by atoms with Gasteiger partial charge in [-0.3, -0.25) is 4.79 Å². The number of nitrogen functional groups attached to an aromatic ring is 1. The molecule has 0 unspecified atom stereocenters. The Morgan fingerprint density at radius 3 is 2.25 bits per heavy atom. The van der Waals surface area contributed by atoms with Crippen molar-refractivity contribution >= 4 is 11.5 Å². The average Bonchev–Trinajstić information content (AvgIpc) is 2.15. The first-order valence-corrected chi connectivity index (χ1v) is 5.92. The summed E-state index contributed by atoms with van der Waals surface area (Å²) in [4.78, 5) is 12.3. The molecule has 1 aliphatic rings. The summed E-state index contributed by atoms with van der Waals surface area (Å²) in [6.45, 7) is 4.03. The molecular weight excluding hydrogens is 198 g/mol. The number of hydrogen-bond donors (Lipinski definition) is 1. The van der Waals surface area contributed by atoms with Crippen molar-refractivity contribution in [1.29, 1.82) is 0 Å². The highest BCUT2D eigenvalue weighted by atomic mass is 16.1. The van der Waals surface area contributed by atoms with Crippen LogP contribution in [0.1, 0.15) is 38.7 Å². The third-order valence-electron chi connectivity index (χ3n) is 3.72. The van der Waals surface area contributed by atoms with E-state index in [0.29, 0.717) is 5.78 Å². The lowest BCUT2D eigenvalue weighted by Gasteiger charge is -2.33. The van der Waals surface area contributed by atoms with E-state index in [2.05, 4.69) is 0 Å². The Hall–Kier alpha value is -1.31. The van der Waals surface area contributed by atoms with Gasteiger partial charge in [-0.2, -0.15) is 0 Å². The summed E-state index contributed by atoms with van der Waals surface area (Å²) >= 11 is 0. The zero-order chi connectivity index (χ0) is 11.8. The second kappa shape index (κ2) is 3.93. The maximum atomic E-state index is 12.3. The van der Waals surface area contributed by atoms with Crippen molar-refractivity contribution in [1.82, 2.24) is 0 Å². The van der Waals surface area contributed by atoms with Gasteiger partial charge in [-0.15, -0.1) is 0 Å². The first-order valence-electron chi connectivity index (χ1n) is 5.92. The van der Waals surface area contributed by atoms with Crippen molar-refractivity contribution in [3.63, 3.8) is 0 Å². The molecule has 0 amide bonds. The highest BCUT2D eigenvalue weighted by Gasteiger charge is 2.37. The van der Waals surface area contributed by atoms with E-state index in [-0.39, 0.29) is 11.3 Å². The predicted molar refractivity (Wildman–Crippen MR) is 66.2 cm³/mol. The van der Waals surface area contributed by atoms with E-state index in [1.165, 1.54) is 6.42 Å². The van der Waals surface area contributed by atoms with Crippen LogP contribution in [-0.2, 0) is 10.2 Å². The zero-order valence-corrected chi connectivity index (χ0v) is 9.99. The molecule has 2 N–H and O–H groups in total. The van der Waals surface area contributed by atoms with Crippen molar-refractivity contribution < 1.29 is 4.79 Å². The van der Waals surface area contributed by atoms with Gasteiger partial charge in [0.1, 0.15) is 5.78 Å². The lowest BCUT2D eigenvalue weighted by atomic mass is 9.69. The SMILES string of the molecule is CC(C)(C(=O)C1CCC1)c1ccc(N)cc1. The second-order valence-electron chi connectivity index (χ2n) is 5.24. The van der Waals surface area contributed by atoms with Gasteiger partial charge in [0.25, 0.3) is 0 Å². The smallest absolute Gasteiger partial charge is 0.145 e. The summed E-state index contributed by atoms with van der Waals surface area (Å²) in [5.41, 5.74) is 7.10. The van der Waals surface area contributed by atoms with E-state index < -0.39 is 0 Å². The number of ketones is 1. The molecule has 0 aromatic heterocycles. The second-order valence-corrected chi connectivity index (χ2v) is 5.24. The summed E-state index contributed by atoms with van der Waals surface area (Å²) in [6, 6.07) is 7.66. The largest absolute Gasteiger partial charge is 0.399 e. The normalized spacial score (nSPS) is 16.9. The van der Waals surface area contributed by atoms with Gasteiger partial charge in [-0.05, 0) is 44.4 Å². The summed E-state index contributed by atoms with van der Waals surface area (Å²) < 4.78 is 0. The van der Waals surface area contributed by atoms with E-state index in [0.717, 1.165) is 24.1 Å². The molecule has 1 fully saturated rings. The standard InChI is InChI=1S/C14H19NO/c1-14(2,13(16)10-4-3-5-10)11-6-8-12(15)9-7-11/h6-10H,3-5,15H2,1-2H3. The zero-order valence-electron chi connectivity index (χ0n) is 9.99. The van der Waals surface area contributed by atoms with Gasteiger partial charge >= 0.3 is 0 Å². The van der Waals surface area contributed by atoms with E-state index in [4.69, 9.17) is 5.73 Å². The molecule has 0 heterocycles. The Morgan fingerprint density at radius 2 is 1.81 bits per heavy atom. The van der Waals surface area contributed by atoms with Crippen molar-refractivity contribution in [2.24, 2.45) is 5.92 Å². The molecule has 1 aromatic rings. The number of hydrogen-bond acceptors (Lipinski definition) is 2. The van der Waals surface area contributed by atoms with Crippen molar-refractivity contribution in [3.8, 4) is 0 Å². The van der Waals surface area contributed by atoms with Crippen LogP contribution in [0, 0.1) is 5.92 Å². The van der Waals surface area contributed by atoms with E-state index >= 15 is 0 Å². The Balaban J connectivity index is 2.23. The molecule has 0 aliphatic heterocycles. The number of benzene rings is 1. The highest BCUT2D eigenvalue weighted by Crippen LogP contribution is 2.36. The third kappa shape index (κ3) is 1.84. The number of rotatable bonds is 3. The van der Waals surface area contributed by atoms with Crippen LogP contribution < -0.4 is 5.73 Å². The van der Waals surface area contributed by atoms with Crippen molar-refractivity contribution in [2.45, 2.75) is 38.5 Å². The minimum absolute atomic E-state index is 0.285. The molecule has 2 nitrogen and oxygen atoms in total. The summed E-state index contributed by atoms with van der Waals surface area (Å²) in [5.74, 6) is 0.663. The highest BCUT2D eigenvalue weighted by molar-refractivity contribution is 5.91. The fourth-order valence-electron chi connectivity index (χ4n) is 2.22. The lowest BCUT2D eigenvalue weighted by molar-refractivity contribution is -0.129. The molecule has 0 spiro atoms. The molecule has 1 aliphatic carbocycles. The van der Waals surface area contributed by atoms with Crippen LogP contribution in [0.5, 0.6) is 0 Å². The predicted octanol–water partition coefficient (Wildman–Crippen LogP) is 2.92. The summed E-state index contributed by atoms with van der Waals surface area (Å²) in [6.07, 6.45) is 3.34. The summed E-state index contributed by atoms with van der Waals surface area (Å²) in [5, 5.41) is 0. The monoisotopic (exact) mass is 217 g/mol. The van der Waals surface area contributed by atoms with E-state index in [1.54, 1.807) is 0 Å². The number of carbonyl (C=O) groups excluding carboxylic acids is 1. The lowest BCUT2D eigenvalue weighted by Crippen LogP contribution is -2.37. The molecule has 0 atom stereocenters. The van der Waals surface area contributed by atoms with Gasteiger partial charge in [-0.1, -0.05) is 18.6 Å². The topological polar surface area (TPSA) is 43.1 Å². The van der Waals surface area contributed by atoms with Gasteiger partial charge in [-0.25, -0.2) is 0 Å². The van der Waals surface area contributed by atoms with Crippen molar-refractivity contribution in [2.75, 3.05) is 5.73 Å². The Kier molecular flexibility index (Phi) is 2.75. The molecule has 86 valence electrons. The molecule has 1 saturated carbocycles. The van der Waals surface area contributed by atoms with Gasteiger partial charge < -0.3 is 5.73 Å². The molecule has 1 aromatic carbocycles. The van der Waals surface area contributed by atoms with E-state index in [1.807, 2.05) is 38.1 Å². The fraction of sp³-hybridized carbons (Fsp3) is 0.500. The van der Waals surface area contributed by atoms with Gasteiger partial charge in [0, 0.05) is 17.0 Å². The first-order chi connectivity index (χ1) is 7.51. The number of carbonyl (C=O) groups is 1. The van der Waals surface area contributed by atoms with Crippen LogP contribution in [0.15, 0.2) is 24.3 Å². The van der Waals surface area contributed by atoms with E-state index in [9.17, 15) is 4.79 Å². The maximum Gasteiger partial charge on any atom is 0.145 e. The number of anilines is 1. The first kappa shape index (κ1) is 11.2. The molecule has 0 bridgehead atoms. The molecule has 0 saturated heterocycles. The summed E-state index contributed by atoms with van der Waals surface area (Å²) in [7, 11) is 0. The molecule has 2 rings (SSSR count). The molecular formula is C14H19NO. The van der Waals surface area contributed by atoms with Crippen LogP contribution in [-0.4, -0.2) is 5.78 Å².